The zero-order valence-corrected chi connectivity index (χ0v) is 13.5. The van der Waals surface area contributed by atoms with Gasteiger partial charge in [-0.15, -0.1) is 0 Å². The van der Waals surface area contributed by atoms with Crippen molar-refractivity contribution in [3.8, 4) is 0 Å². The molecule has 0 radical (unpaired) electrons. The van der Waals surface area contributed by atoms with Crippen molar-refractivity contribution < 1.29 is 13.8 Å². The molecule has 0 bridgehead atoms. The van der Waals surface area contributed by atoms with Gasteiger partial charge in [-0.2, -0.15) is 0 Å². The van der Waals surface area contributed by atoms with Gasteiger partial charge in [-0.25, -0.2) is 0 Å². The minimum atomic E-state index is -1.56. The molecule has 1 aliphatic heterocycles. The minimum absolute atomic E-state index is 0.167. The number of rotatable bonds is 3. The molecule has 118 valence electrons. The summed E-state index contributed by atoms with van der Waals surface area (Å²) in [4.78, 5) is 24.8. The van der Waals surface area contributed by atoms with Crippen molar-refractivity contribution in [1.82, 2.24) is 0 Å². The summed E-state index contributed by atoms with van der Waals surface area (Å²) < 4.78 is 12.5. The normalized spacial score (nSPS) is 19.6. The molecule has 0 unspecified atom stereocenters. The first-order valence-corrected chi connectivity index (χ1v) is 8.49. The maximum absolute atomic E-state index is 12.5. The second kappa shape index (κ2) is 6.52. The van der Waals surface area contributed by atoms with Crippen LogP contribution in [-0.2, 0) is 20.4 Å². The van der Waals surface area contributed by atoms with Crippen LogP contribution in [-0.4, -0.2) is 21.3 Å². The van der Waals surface area contributed by atoms with Gasteiger partial charge >= 0.3 is 0 Å². The molecule has 2 aromatic carbocycles. The van der Waals surface area contributed by atoms with Gasteiger partial charge in [-0.3, -0.25) is 13.8 Å². The molecule has 2 atom stereocenters. The molecule has 1 aliphatic rings. The molecule has 7 heteroatoms. The summed E-state index contributed by atoms with van der Waals surface area (Å²) in [5.74, 6) is -0.802. The average Bonchev–Trinajstić information content (AvgIpc) is 2.51. The molecular formula is C16H13ClN2O3S. The molecule has 23 heavy (non-hydrogen) atoms. The second-order valence-electron chi connectivity index (χ2n) is 5.03. The number of nitrogens with one attached hydrogen (secondary N) is 2. The number of halogens is 1. The quantitative estimate of drug-likeness (QED) is 0.895. The van der Waals surface area contributed by atoms with Gasteiger partial charge in [0.15, 0.2) is 0 Å². The van der Waals surface area contributed by atoms with Gasteiger partial charge in [-0.1, -0.05) is 29.8 Å². The predicted octanol–water partition coefficient (Wildman–Crippen LogP) is 2.80. The molecule has 1 heterocycles. The zero-order valence-electron chi connectivity index (χ0n) is 11.9. The van der Waals surface area contributed by atoms with E-state index in [4.69, 9.17) is 11.6 Å². The van der Waals surface area contributed by atoms with E-state index in [-0.39, 0.29) is 12.3 Å². The standard InChI is InChI=1S/C16H13ClN2O3S/c17-10-4-3-5-11(8-10)18-15(20)9-14-16(21)19-12-6-1-2-7-13(12)23(14)22/h1-8,14H,9H2,(H,18,20)(H,19,21)/t14-,23-/m1/s1. The second-order valence-corrected chi connectivity index (χ2v) is 7.07. The third kappa shape index (κ3) is 3.43. The number of anilines is 2. The predicted molar refractivity (Wildman–Crippen MR) is 90.0 cm³/mol. The molecule has 2 aromatic rings. The van der Waals surface area contributed by atoms with Crippen LogP contribution < -0.4 is 10.6 Å². The van der Waals surface area contributed by atoms with Crippen molar-refractivity contribution in [1.29, 1.82) is 0 Å². The Morgan fingerprint density at radius 2 is 2.00 bits per heavy atom. The molecule has 0 spiro atoms. The van der Waals surface area contributed by atoms with Gasteiger partial charge in [-0.05, 0) is 30.3 Å². The van der Waals surface area contributed by atoms with Crippen LogP contribution in [0.5, 0.6) is 0 Å². The number of fused-ring (bicyclic) bond motifs is 1. The van der Waals surface area contributed by atoms with E-state index in [1.807, 2.05) is 0 Å². The molecule has 0 saturated carbocycles. The lowest BCUT2D eigenvalue weighted by Crippen LogP contribution is -2.39. The van der Waals surface area contributed by atoms with Gasteiger partial charge in [0, 0.05) is 10.7 Å². The molecule has 0 fully saturated rings. The van der Waals surface area contributed by atoms with Crippen LogP contribution in [0.1, 0.15) is 6.42 Å². The lowest BCUT2D eigenvalue weighted by Gasteiger charge is -2.23. The number of hydrogen-bond acceptors (Lipinski definition) is 3. The Morgan fingerprint density at radius 3 is 2.78 bits per heavy atom. The highest BCUT2D eigenvalue weighted by Crippen LogP contribution is 2.28. The molecule has 0 saturated heterocycles. The minimum Gasteiger partial charge on any atom is -0.326 e. The van der Waals surface area contributed by atoms with Crippen molar-refractivity contribution in [3.63, 3.8) is 0 Å². The van der Waals surface area contributed by atoms with Gasteiger partial charge in [0.1, 0.15) is 5.25 Å². The molecule has 5 nitrogen and oxygen atoms in total. The maximum atomic E-state index is 12.5. The first-order chi connectivity index (χ1) is 11.0. The Balaban J connectivity index is 1.74. The number of amides is 2. The molecule has 3 rings (SSSR count). The monoisotopic (exact) mass is 348 g/mol. The van der Waals surface area contributed by atoms with Crippen LogP contribution in [0, 0.1) is 0 Å². The van der Waals surface area contributed by atoms with E-state index in [9.17, 15) is 13.8 Å². The van der Waals surface area contributed by atoms with Gasteiger partial charge in [0.2, 0.25) is 11.8 Å². The Morgan fingerprint density at radius 1 is 1.22 bits per heavy atom. The van der Waals surface area contributed by atoms with Crippen LogP contribution in [0.2, 0.25) is 5.02 Å². The highest BCUT2D eigenvalue weighted by Gasteiger charge is 2.34. The van der Waals surface area contributed by atoms with E-state index < -0.39 is 22.0 Å². The lowest BCUT2D eigenvalue weighted by atomic mass is 10.2. The van der Waals surface area contributed by atoms with Crippen LogP contribution in [0.4, 0.5) is 11.4 Å². The van der Waals surface area contributed by atoms with E-state index in [1.165, 1.54) is 0 Å². The first-order valence-electron chi connectivity index (χ1n) is 6.90. The largest absolute Gasteiger partial charge is 0.326 e. The highest BCUT2D eigenvalue weighted by atomic mass is 35.5. The smallest absolute Gasteiger partial charge is 0.241 e. The van der Waals surface area contributed by atoms with Crippen molar-refractivity contribution in [2.24, 2.45) is 0 Å². The summed E-state index contributed by atoms with van der Waals surface area (Å²) in [6.45, 7) is 0. The van der Waals surface area contributed by atoms with Crippen molar-refractivity contribution >= 4 is 45.6 Å². The van der Waals surface area contributed by atoms with E-state index in [0.29, 0.717) is 21.3 Å². The zero-order chi connectivity index (χ0) is 16.4. The van der Waals surface area contributed by atoms with E-state index in [2.05, 4.69) is 10.6 Å². The average molecular weight is 349 g/mol. The molecular weight excluding hydrogens is 336 g/mol. The molecule has 0 aromatic heterocycles. The number of benzene rings is 2. The summed E-state index contributed by atoms with van der Waals surface area (Å²) in [7, 11) is -1.56. The third-order valence-electron chi connectivity index (χ3n) is 3.39. The molecule has 2 N–H and O–H groups in total. The van der Waals surface area contributed by atoms with Gasteiger partial charge in [0.25, 0.3) is 0 Å². The van der Waals surface area contributed by atoms with Crippen LogP contribution in [0.25, 0.3) is 0 Å². The van der Waals surface area contributed by atoms with E-state index in [1.54, 1.807) is 48.5 Å². The van der Waals surface area contributed by atoms with Crippen LogP contribution >= 0.6 is 11.6 Å². The number of carbonyl (C=O) groups is 2. The van der Waals surface area contributed by atoms with Crippen molar-refractivity contribution in [2.75, 3.05) is 10.6 Å². The fraction of sp³-hybridized carbons (Fsp3) is 0.125. The summed E-state index contributed by atoms with van der Waals surface area (Å²) in [5, 5.41) is 4.93. The SMILES string of the molecule is O=C(C[C@@H]1C(=O)Nc2ccccc2[S@]1=O)Nc1cccc(Cl)c1. The Kier molecular flexibility index (Phi) is 4.45. The lowest BCUT2D eigenvalue weighted by molar-refractivity contribution is -0.120. The molecule has 0 aliphatic carbocycles. The maximum Gasteiger partial charge on any atom is 0.241 e. The number of hydrogen-bond donors (Lipinski definition) is 2. The fourth-order valence-electron chi connectivity index (χ4n) is 2.32. The molecule has 2 amide bonds. The van der Waals surface area contributed by atoms with E-state index in [0.717, 1.165) is 0 Å². The Bertz CT molecular complexity index is 809. The Hall–Kier alpha value is -2.18. The topological polar surface area (TPSA) is 75.3 Å². The van der Waals surface area contributed by atoms with E-state index >= 15 is 0 Å². The summed E-state index contributed by atoms with van der Waals surface area (Å²) >= 11 is 5.86. The van der Waals surface area contributed by atoms with Gasteiger partial charge in [0.05, 0.1) is 27.8 Å². The van der Waals surface area contributed by atoms with Crippen molar-refractivity contribution in [2.45, 2.75) is 16.6 Å². The van der Waals surface area contributed by atoms with Gasteiger partial charge < -0.3 is 10.6 Å². The van der Waals surface area contributed by atoms with Crippen LogP contribution in [0.15, 0.2) is 53.4 Å². The highest BCUT2D eigenvalue weighted by molar-refractivity contribution is 7.86. The fourth-order valence-corrected chi connectivity index (χ4v) is 3.93. The first kappa shape index (κ1) is 15.7. The van der Waals surface area contributed by atoms with Crippen molar-refractivity contribution in [3.05, 3.63) is 53.6 Å². The summed E-state index contributed by atoms with van der Waals surface area (Å²) in [5.41, 5.74) is 1.06. The number of para-hydroxylation sites is 1. The van der Waals surface area contributed by atoms with Crippen LogP contribution in [0.3, 0.4) is 0 Å². The Labute approximate surface area is 140 Å². The number of carbonyl (C=O) groups excluding carboxylic acids is 2. The summed E-state index contributed by atoms with van der Waals surface area (Å²) in [6, 6.07) is 13.6. The third-order valence-corrected chi connectivity index (χ3v) is 5.31. The summed E-state index contributed by atoms with van der Waals surface area (Å²) in [6.07, 6.45) is -0.167.